The molecule has 0 unspecified atom stereocenters. The number of benzene rings is 1. The fraction of sp³-hybridized carbons (Fsp3) is 0.176. The molecule has 27 heavy (non-hydrogen) atoms. The van der Waals surface area contributed by atoms with E-state index in [1.165, 1.54) is 11.3 Å². The largest absolute Gasteiger partial charge is 0.336 e. The maximum atomic E-state index is 13.1. The van der Waals surface area contributed by atoms with E-state index in [1.807, 2.05) is 26.0 Å². The zero-order valence-corrected chi connectivity index (χ0v) is 16.1. The van der Waals surface area contributed by atoms with E-state index in [-0.39, 0.29) is 11.9 Å². The van der Waals surface area contributed by atoms with Crippen LogP contribution in [-0.2, 0) is 0 Å². The van der Waals surface area contributed by atoms with Gasteiger partial charge in [0.2, 0.25) is 5.82 Å². The molecule has 2 N–H and O–H groups in total. The number of H-pyrrole nitrogens is 2. The summed E-state index contributed by atoms with van der Waals surface area (Å²) >= 11 is 6.56. The number of nitrogens with one attached hydrogen (secondary N) is 2. The minimum atomic E-state index is -0.129. The third-order valence-corrected chi connectivity index (χ3v) is 5.13. The van der Waals surface area contributed by atoms with Crippen molar-refractivity contribution < 1.29 is 4.79 Å². The van der Waals surface area contributed by atoms with Crippen molar-refractivity contribution in [3.8, 4) is 11.4 Å². The number of fused-ring (bicyclic) bond motifs is 1. The van der Waals surface area contributed by atoms with Crippen LogP contribution in [-0.4, -0.2) is 42.5 Å². The summed E-state index contributed by atoms with van der Waals surface area (Å²) in [7, 11) is 0. The summed E-state index contributed by atoms with van der Waals surface area (Å²) in [6.45, 7) is 3.91. The van der Waals surface area contributed by atoms with Gasteiger partial charge in [-0.25, -0.2) is 4.98 Å². The first-order chi connectivity index (χ1) is 13.0. The Labute approximate surface area is 163 Å². The molecule has 0 aliphatic rings. The standard InChI is InChI=1S/C17H15N7OS2/c1-9(2)24(13-8-7-12-15(19-13)27-17(26)18-12)16(25)11-5-3-10(4-6-11)14-20-22-23-21-14/h3-9H,1-2H3,(H,18,26)(H,20,21,22,23). The van der Waals surface area contributed by atoms with Gasteiger partial charge in [-0.1, -0.05) is 23.5 Å². The number of rotatable bonds is 4. The second-order valence-electron chi connectivity index (χ2n) is 6.12. The van der Waals surface area contributed by atoms with Gasteiger partial charge in [-0.3, -0.25) is 9.69 Å². The number of hydrogen-bond acceptors (Lipinski definition) is 7. The van der Waals surface area contributed by atoms with Crippen molar-refractivity contribution in [1.82, 2.24) is 30.6 Å². The van der Waals surface area contributed by atoms with Crippen LogP contribution in [0, 0.1) is 3.95 Å². The lowest BCUT2D eigenvalue weighted by molar-refractivity contribution is 0.0979. The molecule has 1 aromatic carbocycles. The van der Waals surface area contributed by atoms with Gasteiger partial charge < -0.3 is 4.98 Å². The van der Waals surface area contributed by atoms with Crippen LogP contribution in [0.3, 0.4) is 0 Å². The highest BCUT2D eigenvalue weighted by atomic mass is 32.1. The van der Waals surface area contributed by atoms with E-state index in [4.69, 9.17) is 12.2 Å². The van der Waals surface area contributed by atoms with Gasteiger partial charge in [-0.05, 0) is 55.5 Å². The predicted molar refractivity (Wildman–Crippen MR) is 106 cm³/mol. The van der Waals surface area contributed by atoms with Crippen molar-refractivity contribution in [2.24, 2.45) is 0 Å². The summed E-state index contributed by atoms with van der Waals surface area (Å²) in [5.41, 5.74) is 2.21. The summed E-state index contributed by atoms with van der Waals surface area (Å²) < 4.78 is 0.661. The smallest absolute Gasteiger partial charge is 0.259 e. The molecular formula is C17H15N7OS2. The molecule has 3 aromatic heterocycles. The van der Waals surface area contributed by atoms with E-state index in [0.717, 1.165) is 15.9 Å². The number of pyridine rings is 1. The molecule has 3 heterocycles. The van der Waals surface area contributed by atoms with E-state index in [1.54, 1.807) is 29.2 Å². The topological polar surface area (TPSA) is 103 Å². The van der Waals surface area contributed by atoms with E-state index in [0.29, 0.717) is 21.2 Å². The molecule has 0 atom stereocenters. The minimum Gasteiger partial charge on any atom is -0.336 e. The van der Waals surface area contributed by atoms with Crippen molar-refractivity contribution >= 4 is 45.6 Å². The van der Waals surface area contributed by atoms with E-state index >= 15 is 0 Å². The van der Waals surface area contributed by atoms with Crippen molar-refractivity contribution in [3.05, 3.63) is 45.9 Å². The number of aromatic amines is 2. The minimum absolute atomic E-state index is 0.0637. The molecule has 0 spiro atoms. The summed E-state index contributed by atoms with van der Waals surface area (Å²) in [6.07, 6.45) is 0. The summed E-state index contributed by atoms with van der Waals surface area (Å²) in [4.78, 5) is 23.3. The number of carbonyl (C=O) groups excluding carboxylic acids is 1. The maximum absolute atomic E-state index is 13.1. The monoisotopic (exact) mass is 397 g/mol. The molecule has 0 saturated carbocycles. The third-order valence-electron chi connectivity index (χ3n) is 3.99. The Morgan fingerprint density at radius 2 is 1.96 bits per heavy atom. The van der Waals surface area contributed by atoms with Crippen molar-refractivity contribution in [2.45, 2.75) is 19.9 Å². The first-order valence-corrected chi connectivity index (χ1v) is 9.43. The van der Waals surface area contributed by atoms with Crippen LogP contribution in [0.4, 0.5) is 5.82 Å². The molecule has 0 aliphatic heterocycles. The van der Waals surface area contributed by atoms with Gasteiger partial charge >= 0.3 is 0 Å². The molecule has 1 amide bonds. The third kappa shape index (κ3) is 3.36. The number of carbonyl (C=O) groups is 1. The van der Waals surface area contributed by atoms with Gasteiger partial charge in [-0.15, -0.1) is 10.2 Å². The Morgan fingerprint density at radius 3 is 2.63 bits per heavy atom. The summed E-state index contributed by atoms with van der Waals surface area (Å²) in [5, 5.41) is 13.8. The highest BCUT2D eigenvalue weighted by molar-refractivity contribution is 7.73. The number of aromatic nitrogens is 6. The Kier molecular flexibility index (Phi) is 4.50. The highest BCUT2D eigenvalue weighted by Crippen LogP contribution is 2.25. The van der Waals surface area contributed by atoms with Crippen LogP contribution < -0.4 is 4.90 Å². The lowest BCUT2D eigenvalue weighted by Gasteiger charge is -2.26. The average molecular weight is 397 g/mol. The first-order valence-electron chi connectivity index (χ1n) is 8.20. The Morgan fingerprint density at radius 1 is 1.19 bits per heavy atom. The lowest BCUT2D eigenvalue weighted by atomic mass is 10.1. The highest BCUT2D eigenvalue weighted by Gasteiger charge is 2.22. The van der Waals surface area contributed by atoms with Crippen LogP contribution in [0.15, 0.2) is 36.4 Å². The zero-order valence-electron chi connectivity index (χ0n) is 14.5. The van der Waals surface area contributed by atoms with Gasteiger partial charge in [0.25, 0.3) is 5.91 Å². The zero-order chi connectivity index (χ0) is 19.0. The molecule has 10 heteroatoms. The number of nitrogens with zero attached hydrogens (tertiary/aromatic N) is 5. The second kappa shape index (κ2) is 6.97. The van der Waals surface area contributed by atoms with Gasteiger partial charge in [0.15, 0.2) is 3.95 Å². The van der Waals surface area contributed by atoms with Crippen LogP contribution in [0.25, 0.3) is 21.7 Å². The van der Waals surface area contributed by atoms with Gasteiger partial charge in [0, 0.05) is 17.2 Å². The Bertz CT molecular complexity index is 1150. The molecule has 0 fully saturated rings. The molecule has 136 valence electrons. The maximum Gasteiger partial charge on any atom is 0.259 e. The SMILES string of the molecule is CC(C)N(C(=O)c1ccc(-c2nn[nH]n2)cc1)c1ccc2[nH]c(=S)sc2n1. The summed E-state index contributed by atoms with van der Waals surface area (Å²) in [6, 6.07) is 10.8. The summed E-state index contributed by atoms with van der Waals surface area (Å²) in [5.74, 6) is 0.945. The molecular weight excluding hydrogens is 382 g/mol. The van der Waals surface area contributed by atoms with Gasteiger partial charge in [-0.2, -0.15) is 5.21 Å². The van der Waals surface area contributed by atoms with Gasteiger partial charge in [0.1, 0.15) is 10.6 Å². The predicted octanol–water partition coefficient (Wildman–Crippen LogP) is 3.59. The molecule has 0 radical (unpaired) electrons. The Balaban J connectivity index is 1.68. The number of amides is 1. The normalized spacial score (nSPS) is 11.2. The fourth-order valence-corrected chi connectivity index (χ4v) is 3.80. The van der Waals surface area contributed by atoms with Crippen molar-refractivity contribution in [3.63, 3.8) is 0 Å². The number of anilines is 1. The average Bonchev–Trinajstić information content (AvgIpc) is 3.30. The molecule has 0 bridgehead atoms. The molecule has 4 rings (SSSR count). The molecule has 8 nitrogen and oxygen atoms in total. The van der Waals surface area contributed by atoms with Crippen molar-refractivity contribution in [1.29, 1.82) is 0 Å². The van der Waals surface area contributed by atoms with Crippen molar-refractivity contribution in [2.75, 3.05) is 4.90 Å². The first kappa shape index (κ1) is 17.4. The number of tetrazole rings is 1. The van der Waals surface area contributed by atoms with Crippen LogP contribution in [0.2, 0.25) is 0 Å². The van der Waals surface area contributed by atoms with E-state index in [2.05, 4.69) is 30.6 Å². The quantitative estimate of drug-likeness (QED) is 0.510. The molecule has 0 aliphatic carbocycles. The molecule has 0 saturated heterocycles. The number of thiazole rings is 1. The van der Waals surface area contributed by atoms with Crippen LogP contribution in [0.5, 0.6) is 0 Å². The van der Waals surface area contributed by atoms with Crippen LogP contribution >= 0.6 is 23.6 Å². The second-order valence-corrected chi connectivity index (χ2v) is 7.78. The fourth-order valence-electron chi connectivity index (χ4n) is 2.75. The number of hydrogen-bond donors (Lipinski definition) is 2. The van der Waals surface area contributed by atoms with E-state index < -0.39 is 0 Å². The van der Waals surface area contributed by atoms with Gasteiger partial charge in [0.05, 0.1) is 5.52 Å². The van der Waals surface area contributed by atoms with Crippen LogP contribution in [0.1, 0.15) is 24.2 Å². The molecule has 4 aromatic rings. The lowest BCUT2D eigenvalue weighted by Crippen LogP contribution is -2.37. The Hall–Kier alpha value is -2.98. The van der Waals surface area contributed by atoms with E-state index in [9.17, 15) is 4.79 Å².